The van der Waals surface area contributed by atoms with Gasteiger partial charge in [-0.1, -0.05) is 31.2 Å². The Hall–Kier alpha value is -2.51. The highest BCUT2D eigenvalue weighted by atomic mass is 32.2. The van der Waals surface area contributed by atoms with Gasteiger partial charge >= 0.3 is 10.3 Å². The minimum absolute atomic E-state index is 0.193. The summed E-state index contributed by atoms with van der Waals surface area (Å²) in [6.45, 7) is 1.98. The lowest BCUT2D eigenvalue weighted by atomic mass is 10.0. The number of ether oxygens (including phenoxy) is 1. The summed E-state index contributed by atoms with van der Waals surface area (Å²) in [5.74, 6) is 0.354. The molecule has 0 amide bonds. The van der Waals surface area contributed by atoms with E-state index in [-0.39, 0.29) is 11.4 Å². The van der Waals surface area contributed by atoms with E-state index in [9.17, 15) is 16.8 Å². The largest absolute Gasteiger partial charge is 0.497 e. The molecule has 0 unspecified atom stereocenters. The van der Waals surface area contributed by atoms with Gasteiger partial charge in [-0.05, 0) is 48.2 Å². The number of aryl methyl sites for hydroxylation is 1. The van der Waals surface area contributed by atoms with Crippen molar-refractivity contribution in [1.29, 1.82) is 0 Å². The van der Waals surface area contributed by atoms with Crippen molar-refractivity contribution >= 4 is 37.4 Å². The van der Waals surface area contributed by atoms with Crippen LogP contribution in [0.15, 0.2) is 53.9 Å². The minimum atomic E-state index is -4.37. The molecule has 3 rings (SSSR count). The number of nitrogens with one attached hydrogen (secondary N) is 2. The lowest BCUT2D eigenvalue weighted by molar-refractivity contribution is 0.414. The van der Waals surface area contributed by atoms with E-state index in [1.807, 2.05) is 17.0 Å². The van der Waals surface area contributed by atoms with Gasteiger partial charge in [0, 0.05) is 5.38 Å². The molecule has 3 aromatic rings. The zero-order chi connectivity index (χ0) is 24.1. The number of benzene rings is 2. The number of aromatic nitrogens is 1. The van der Waals surface area contributed by atoms with Crippen LogP contribution >= 0.6 is 11.3 Å². The molecule has 0 aliphatic carbocycles. The molecule has 0 saturated carbocycles. The van der Waals surface area contributed by atoms with Crippen molar-refractivity contribution in [2.45, 2.75) is 31.6 Å². The van der Waals surface area contributed by atoms with E-state index in [0.29, 0.717) is 23.4 Å². The molecule has 1 aromatic heterocycles. The minimum Gasteiger partial charge on any atom is -0.497 e. The van der Waals surface area contributed by atoms with Crippen molar-refractivity contribution < 1.29 is 26.1 Å². The highest BCUT2D eigenvalue weighted by Crippen LogP contribution is 2.24. The molecule has 3 N–H and O–H groups in total. The summed E-state index contributed by atoms with van der Waals surface area (Å²) in [5.41, 5.74) is 2.16. The number of nitrogens with zero attached hydrogens (tertiary/aromatic N) is 1. The summed E-state index contributed by atoms with van der Waals surface area (Å²) < 4.78 is 66.7. The van der Waals surface area contributed by atoms with Crippen LogP contribution in [-0.2, 0) is 38.9 Å². The zero-order valence-electron chi connectivity index (χ0n) is 18.1. The molecule has 0 aliphatic heterocycles. The van der Waals surface area contributed by atoms with Gasteiger partial charge in [-0.25, -0.2) is 18.1 Å². The molecule has 0 saturated heterocycles. The van der Waals surface area contributed by atoms with Crippen LogP contribution in [0.1, 0.15) is 34.8 Å². The second-order valence-corrected chi connectivity index (χ2v) is 11.1. The monoisotopic (exact) mass is 511 g/mol. The molecule has 0 radical (unpaired) electrons. The molecule has 178 valence electrons. The number of hydrogen-bond donors (Lipinski definition) is 3. The first-order valence-electron chi connectivity index (χ1n) is 9.98. The number of anilines is 1. The van der Waals surface area contributed by atoms with Crippen molar-refractivity contribution in [2.75, 3.05) is 11.8 Å². The molecule has 12 heteroatoms. The number of thiazole rings is 1. The molecule has 1 atom stereocenters. The van der Waals surface area contributed by atoms with Crippen molar-refractivity contribution in [2.24, 2.45) is 0 Å². The van der Waals surface area contributed by atoms with Crippen LogP contribution in [0.3, 0.4) is 0 Å². The molecular formula is C21H25N3O6S3. The van der Waals surface area contributed by atoms with E-state index in [1.165, 1.54) is 30.6 Å². The maximum absolute atomic E-state index is 13.0. The Morgan fingerprint density at radius 1 is 1.09 bits per heavy atom. The zero-order valence-corrected chi connectivity index (χ0v) is 20.5. The summed E-state index contributed by atoms with van der Waals surface area (Å²) in [6, 6.07) is 12.5. The maximum atomic E-state index is 13.0. The van der Waals surface area contributed by atoms with Gasteiger partial charge < -0.3 is 4.74 Å². The highest BCUT2D eigenvalue weighted by Gasteiger charge is 2.23. The maximum Gasteiger partial charge on any atom is 0.357 e. The second-order valence-electron chi connectivity index (χ2n) is 7.28. The van der Waals surface area contributed by atoms with Crippen LogP contribution < -0.4 is 14.2 Å². The Morgan fingerprint density at radius 2 is 1.82 bits per heavy atom. The fourth-order valence-corrected chi connectivity index (χ4v) is 5.76. The van der Waals surface area contributed by atoms with Gasteiger partial charge in [0.2, 0.25) is 10.0 Å². The quantitative estimate of drug-likeness (QED) is 0.336. The Labute approximate surface area is 197 Å². The molecule has 33 heavy (non-hydrogen) atoms. The number of rotatable bonds is 11. The predicted molar refractivity (Wildman–Crippen MR) is 128 cm³/mol. The van der Waals surface area contributed by atoms with E-state index in [0.717, 1.165) is 17.0 Å². The van der Waals surface area contributed by atoms with Gasteiger partial charge in [-0.2, -0.15) is 8.42 Å². The van der Waals surface area contributed by atoms with Gasteiger partial charge in [0.05, 0.1) is 35.3 Å². The standard InChI is InChI=1S/C21H25N3O6S3/c1-3-21-22-20(13-31-21)19(12-15-7-9-17(10-8-15)23-33(27,28)29)24-32(25,26)14-16-5-4-6-18(11-16)30-2/h4-11,13,19,23-24H,3,12,14H2,1-2H3,(H,27,28,29)/t19-/m0/s1. The topological polar surface area (TPSA) is 135 Å². The molecule has 0 bridgehead atoms. The normalized spacial score (nSPS) is 12.9. The van der Waals surface area contributed by atoms with Crippen molar-refractivity contribution in [3.05, 3.63) is 75.7 Å². The van der Waals surface area contributed by atoms with Crippen LogP contribution in [0, 0.1) is 0 Å². The lowest BCUT2D eigenvalue weighted by Crippen LogP contribution is -2.31. The molecule has 9 nitrogen and oxygen atoms in total. The van der Waals surface area contributed by atoms with E-state index in [1.54, 1.807) is 36.4 Å². The Kier molecular flexibility index (Phi) is 8.08. The summed E-state index contributed by atoms with van der Waals surface area (Å²) in [5, 5.41) is 2.74. The van der Waals surface area contributed by atoms with E-state index >= 15 is 0 Å². The first kappa shape index (κ1) is 25.1. The highest BCUT2D eigenvalue weighted by molar-refractivity contribution is 7.88. The van der Waals surface area contributed by atoms with Crippen LogP contribution in [-0.4, -0.2) is 33.5 Å². The molecule has 0 spiro atoms. The van der Waals surface area contributed by atoms with E-state index < -0.39 is 26.4 Å². The van der Waals surface area contributed by atoms with Gasteiger partial charge in [0.1, 0.15) is 5.75 Å². The van der Waals surface area contributed by atoms with E-state index in [2.05, 4.69) is 9.71 Å². The van der Waals surface area contributed by atoms with Crippen molar-refractivity contribution in [1.82, 2.24) is 9.71 Å². The first-order chi connectivity index (χ1) is 15.6. The van der Waals surface area contributed by atoms with Gasteiger partial charge in [0.25, 0.3) is 0 Å². The molecule has 0 aliphatic rings. The number of hydrogen-bond acceptors (Lipinski definition) is 7. The van der Waals surface area contributed by atoms with Crippen molar-refractivity contribution in [3.63, 3.8) is 0 Å². The van der Waals surface area contributed by atoms with Crippen LogP contribution in [0.2, 0.25) is 0 Å². The molecule has 2 aromatic carbocycles. The number of methoxy groups -OCH3 is 1. The summed E-state index contributed by atoms with van der Waals surface area (Å²) in [7, 11) is -6.58. The predicted octanol–water partition coefficient (Wildman–Crippen LogP) is 3.33. The third-order valence-electron chi connectivity index (χ3n) is 4.68. The fourth-order valence-electron chi connectivity index (χ4n) is 3.19. The molecule has 1 heterocycles. The van der Waals surface area contributed by atoms with E-state index in [4.69, 9.17) is 9.29 Å². The molecule has 0 fully saturated rings. The third kappa shape index (κ3) is 7.79. The smallest absolute Gasteiger partial charge is 0.357 e. The third-order valence-corrected chi connectivity index (χ3v) is 7.54. The average Bonchev–Trinajstić information content (AvgIpc) is 3.22. The summed E-state index contributed by atoms with van der Waals surface area (Å²) >= 11 is 1.47. The Balaban J connectivity index is 1.82. The van der Waals surface area contributed by atoms with Gasteiger partial charge in [0.15, 0.2) is 0 Å². The first-order valence-corrected chi connectivity index (χ1v) is 14.0. The Bertz CT molecular complexity index is 1290. The van der Waals surface area contributed by atoms with Crippen molar-refractivity contribution in [3.8, 4) is 5.75 Å². The fraction of sp³-hybridized carbons (Fsp3) is 0.286. The average molecular weight is 512 g/mol. The van der Waals surface area contributed by atoms with Gasteiger partial charge in [-0.15, -0.1) is 11.3 Å². The van der Waals surface area contributed by atoms with Crippen LogP contribution in [0.5, 0.6) is 5.75 Å². The summed E-state index contributed by atoms with van der Waals surface area (Å²) in [6.07, 6.45) is 1.04. The van der Waals surface area contributed by atoms with Crippen LogP contribution in [0.4, 0.5) is 5.69 Å². The summed E-state index contributed by atoms with van der Waals surface area (Å²) in [4.78, 5) is 4.56. The number of sulfonamides is 1. The molecular weight excluding hydrogens is 486 g/mol. The Morgan fingerprint density at radius 3 is 2.42 bits per heavy atom. The van der Waals surface area contributed by atoms with Gasteiger partial charge in [-0.3, -0.25) is 9.27 Å². The van der Waals surface area contributed by atoms with Crippen LogP contribution in [0.25, 0.3) is 0 Å². The second kappa shape index (κ2) is 10.6. The lowest BCUT2D eigenvalue weighted by Gasteiger charge is -2.18. The SMILES string of the molecule is CCc1nc([C@H](Cc2ccc(NS(=O)(=O)O)cc2)NS(=O)(=O)Cc2cccc(OC)c2)cs1.